The number of allylic oxidation sites excluding steroid dienone is 1. The summed E-state index contributed by atoms with van der Waals surface area (Å²) in [6.45, 7) is 6.87. The SMILES string of the molecule is C=C(Cn1c2c(c3cc(Cl)ccc31)CCN(C)CC2)c1ccc(Cl)c(F)c1. The van der Waals surface area contributed by atoms with Gasteiger partial charge >= 0.3 is 0 Å². The van der Waals surface area contributed by atoms with E-state index in [0.29, 0.717) is 6.54 Å². The zero-order chi connectivity index (χ0) is 19.1. The second kappa shape index (κ2) is 7.31. The zero-order valence-corrected chi connectivity index (χ0v) is 16.7. The standard InChI is InChI=1S/C22H21Cl2FN2/c1-14(15-3-5-19(24)20(25)11-15)13-27-21-6-4-16(23)12-18(21)17-7-9-26(2)10-8-22(17)27/h3-6,11-12H,1,7-10,13H2,2H3. The maximum Gasteiger partial charge on any atom is 0.142 e. The Balaban J connectivity index is 1.79. The van der Waals surface area contributed by atoms with E-state index in [1.54, 1.807) is 6.07 Å². The number of fused-ring (bicyclic) bond motifs is 3. The minimum Gasteiger partial charge on any atom is -0.340 e. The average molecular weight is 403 g/mol. The summed E-state index contributed by atoms with van der Waals surface area (Å²) in [5.41, 5.74) is 5.48. The molecule has 0 atom stereocenters. The van der Waals surface area contributed by atoms with Crippen LogP contribution in [0.5, 0.6) is 0 Å². The number of halogens is 3. The molecule has 5 heteroatoms. The summed E-state index contributed by atoms with van der Waals surface area (Å²) in [6.07, 6.45) is 1.97. The maximum absolute atomic E-state index is 13.9. The van der Waals surface area contributed by atoms with Crippen molar-refractivity contribution in [3.63, 3.8) is 0 Å². The minimum absolute atomic E-state index is 0.129. The second-order valence-corrected chi connectivity index (χ2v) is 8.05. The van der Waals surface area contributed by atoms with Crippen molar-refractivity contribution in [1.82, 2.24) is 9.47 Å². The van der Waals surface area contributed by atoms with E-state index in [1.807, 2.05) is 12.1 Å². The molecule has 2 heterocycles. The van der Waals surface area contributed by atoms with Crippen LogP contribution in [0.3, 0.4) is 0 Å². The van der Waals surface area contributed by atoms with E-state index >= 15 is 0 Å². The predicted octanol–water partition coefficient (Wildman–Crippen LogP) is 5.83. The fraction of sp³-hybridized carbons (Fsp3) is 0.273. The van der Waals surface area contributed by atoms with Crippen LogP contribution in [0.2, 0.25) is 10.0 Å². The molecule has 0 radical (unpaired) electrons. The molecule has 4 rings (SSSR count). The van der Waals surface area contributed by atoms with Crippen molar-refractivity contribution >= 4 is 39.7 Å². The summed E-state index contributed by atoms with van der Waals surface area (Å²) in [4.78, 5) is 2.35. The maximum atomic E-state index is 13.9. The van der Waals surface area contributed by atoms with Gasteiger partial charge in [-0.25, -0.2) is 4.39 Å². The molecule has 0 spiro atoms. The van der Waals surface area contributed by atoms with E-state index in [2.05, 4.69) is 35.2 Å². The van der Waals surface area contributed by atoms with E-state index in [0.717, 1.165) is 47.6 Å². The molecule has 140 valence electrons. The highest BCUT2D eigenvalue weighted by Gasteiger charge is 2.21. The van der Waals surface area contributed by atoms with Crippen molar-refractivity contribution in [1.29, 1.82) is 0 Å². The summed E-state index contributed by atoms with van der Waals surface area (Å²) in [7, 11) is 2.15. The summed E-state index contributed by atoms with van der Waals surface area (Å²) in [5.74, 6) is -0.417. The molecule has 0 N–H and O–H groups in total. The predicted molar refractivity (Wildman–Crippen MR) is 112 cm³/mol. The molecule has 2 aromatic carbocycles. The normalized spacial score (nSPS) is 15.0. The Morgan fingerprint density at radius 3 is 2.67 bits per heavy atom. The third kappa shape index (κ3) is 3.52. The van der Waals surface area contributed by atoms with E-state index < -0.39 is 5.82 Å². The van der Waals surface area contributed by atoms with Crippen LogP contribution in [0, 0.1) is 5.82 Å². The van der Waals surface area contributed by atoms with Crippen LogP contribution in [0.1, 0.15) is 16.8 Å². The molecule has 0 unspecified atom stereocenters. The third-order valence-electron chi connectivity index (χ3n) is 5.40. The quantitative estimate of drug-likeness (QED) is 0.534. The number of hydrogen-bond donors (Lipinski definition) is 0. The molecule has 1 aliphatic heterocycles. The van der Waals surface area contributed by atoms with Crippen molar-refractivity contribution in [3.8, 4) is 0 Å². The van der Waals surface area contributed by atoms with Crippen LogP contribution in [-0.2, 0) is 19.4 Å². The van der Waals surface area contributed by atoms with Gasteiger partial charge in [0.25, 0.3) is 0 Å². The van der Waals surface area contributed by atoms with Gasteiger partial charge in [-0.3, -0.25) is 0 Å². The van der Waals surface area contributed by atoms with Crippen LogP contribution in [0.15, 0.2) is 43.0 Å². The Morgan fingerprint density at radius 1 is 1.11 bits per heavy atom. The van der Waals surface area contributed by atoms with Crippen LogP contribution < -0.4 is 0 Å². The van der Waals surface area contributed by atoms with Gasteiger partial charge in [-0.2, -0.15) is 0 Å². The Kier molecular flexibility index (Phi) is 5.02. The first-order valence-corrected chi connectivity index (χ1v) is 9.81. The minimum atomic E-state index is -0.417. The zero-order valence-electron chi connectivity index (χ0n) is 15.2. The average Bonchev–Trinajstić information content (AvgIpc) is 2.78. The van der Waals surface area contributed by atoms with Crippen LogP contribution in [0.4, 0.5) is 4.39 Å². The van der Waals surface area contributed by atoms with Gasteiger partial charge in [0.1, 0.15) is 5.82 Å². The molecule has 0 bridgehead atoms. The molecule has 0 fully saturated rings. The second-order valence-electron chi connectivity index (χ2n) is 7.21. The molecule has 0 aliphatic carbocycles. The number of benzene rings is 2. The molecule has 0 saturated heterocycles. The summed E-state index contributed by atoms with van der Waals surface area (Å²) in [5, 5.41) is 2.09. The summed E-state index contributed by atoms with van der Waals surface area (Å²) < 4.78 is 16.2. The van der Waals surface area contributed by atoms with Crippen molar-refractivity contribution in [3.05, 3.63) is 75.7 Å². The Bertz CT molecular complexity index is 1040. The van der Waals surface area contributed by atoms with E-state index in [1.165, 1.54) is 22.7 Å². The lowest BCUT2D eigenvalue weighted by atomic mass is 10.1. The van der Waals surface area contributed by atoms with Gasteiger partial charge < -0.3 is 9.47 Å². The first-order valence-electron chi connectivity index (χ1n) is 9.05. The van der Waals surface area contributed by atoms with E-state index in [4.69, 9.17) is 23.2 Å². The molecular formula is C22H21Cl2FN2. The Hall–Kier alpha value is -1.81. The van der Waals surface area contributed by atoms with E-state index in [-0.39, 0.29) is 5.02 Å². The number of rotatable bonds is 3. The van der Waals surface area contributed by atoms with Crippen LogP contribution >= 0.6 is 23.2 Å². The van der Waals surface area contributed by atoms with Gasteiger partial charge in [0.2, 0.25) is 0 Å². The molecule has 0 saturated carbocycles. The van der Waals surface area contributed by atoms with Crippen LogP contribution in [-0.4, -0.2) is 29.6 Å². The van der Waals surface area contributed by atoms with Gasteiger partial charge in [-0.05, 0) is 60.5 Å². The fourth-order valence-corrected chi connectivity index (χ4v) is 4.19. The van der Waals surface area contributed by atoms with Gasteiger partial charge in [0, 0.05) is 47.7 Å². The van der Waals surface area contributed by atoms with Crippen molar-refractivity contribution in [2.24, 2.45) is 0 Å². The Labute approximate surface area is 168 Å². The summed E-state index contributed by atoms with van der Waals surface area (Å²) >= 11 is 12.1. The molecular weight excluding hydrogens is 382 g/mol. The number of aromatic nitrogens is 1. The lowest BCUT2D eigenvalue weighted by Gasteiger charge is -2.15. The highest BCUT2D eigenvalue weighted by Crippen LogP contribution is 2.33. The number of likely N-dealkylation sites (N-methyl/N-ethyl adjacent to an activating group) is 1. The highest BCUT2D eigenvalue weighted by atomic mass is 35.5. The van der Waals surface area contributed by atoms with Crippen molar-refractivity contribution < 1.29 is 4.39 Å². The van der Waals surface area contributed by atoms with Crippen LogP contribution in [0.25, 0.3) is 16.5 Å². The largest absolute Gasteiger partial charge is 0.340 e. The van der Waals surface area contributed by atoms with Gasteiger partial charge in [0.15, 0.2) is 0 Å². The van der Waals surface area contributed by atoms with Gasteiger partial charge in [0.05, 0.1) is 5.02 Å². The lowest BCUT2D eigenvalue weighted by Crippen LogP contribution is -2.21. The molecule has 27 heavy (non-hydrogen) atoms. The first-order chi connectivity index (χ1) is 12.9. The molecule has 2 nitrogen and oxygen atoms in total. The Morgan fingerprint density at radius 2 is 1.89 bits per heavy atom. The molecule has 0 amide bonds. The van der Waals surface area contributed by atoms with Gasteiger partial charge in [-0.15, -0.1) is 0 Å². The first kappa shape index (κ1) is 18.5. The fourth-order valence-electron chi connectivity index (χ4n) is 3.90. The highest BCUT2D eigenvalue weighted by molar-refractivity contribution is 6.31. The topological polar surface area (TPSA) is 8.17 Å². The number of nitrogens with zero attached hydrogens (tertiary/aromatic N) is 2. The third-order valence-corrected chi connectivity index (χ3v) is 5.94. The number of hydrogen-bond acceptors (Lipinski definition) is 1. The smallest absolute Gasteiger partial charge is 0.142 e. The van der Waals surface area contributed by atoms with E-state index in [9.17, 15) is 4.39 Å². The van der Waals surface area contributed by atoms with Crippen molar-refractivity contribution in [2.75, 3.05) is 20.1 Å². The molecule has 3 aromatic rings. The lowest BCUT2D eigenvalue weighted by molar-refractivity contribution is 0.351. The van der Waals surface area contributed by atoms with Crippen molar-refractivity contribution in [2.45, 2.75) is 19.4 Å². The van der Waals surface area contributed by atoms with Gasteiger partial charge in [-0.1, -0.05) is 35.8 Å². The molecule has 1 aliphatic rings. The monoisotopic (exact) mass is 402 g/mol. The molecule has 1 aromatic heterocycles. The summed E-state index contributed by atoms with van der Waals surface area (Å²) in [6, 6.07) is 10.9.